The molecule has 0 heterocycles. The predicted molar refractivity (Wildman–Crippen MR) is 87.1 cm³/mol. The van der Waals surface area contributed by atoms with Crippen molar-refractivity contribution >= 4 is 47.6 Å². The second-order valence-electron chi connectivity index (χ2n) is 4.27. The highest BCUT2D eigenvalue weighted by molar-refractivity contribution is 9.11. The van der Waals surface area contributed by atoms with Crippen LogP contribution in [0.1, 0.15) is 18.9 Å². The Kier molecular flexibility index (Phi) is 6.79. The van der Waals surface area contributed by atoms with Gasteiger partial charge in [0.15, 0.2) is 0 Å². The molecule has 4 nitrogen and oxygen atoms in total. The van der Waals surface area contributed by atoms with Crippen LogP contribution in [-0.2, 0) is 10.0 Å². The molecule has 0 fully saturated rings. The number of anilines is 1. The van der Waals surface area contributed by atoms with Gasteiger partial charge in [0, 0.05) is 15.5 Å². The van der Waals surface area contributed by atoms with Crippen molar-refractivity contribution in [2.45, 2.75) is 20.3 Å². The first-order chi connectivity index (χ1) is 8.85. The van der Waals surface area contributed by atoms with Crippen molar-refractivity contribution in [1.82, 2.24) is 5.32 Å². The Balaban J connectivity index is 2.73. The molecule has 0 amide bonds. The van der Waals surface area contributed by atoms with Crippen LogP contribution in [0.15, 0.2) is 21.1 Å². The molecular weight excluding hydrogens is 396 g/mol. The summed E-state index contributed by atoms with van der Waals surface area (Å²) in [6.07, 6.45) is 0.989. The zero-order valence-electron chi connectivity index (χ0n) is 11.0. The first kappa shape index (κ1) is 16.9. The van der Waals surface area contributed by atoms with Gasteiger partial charge in [0.2, 0.25) is 10.0 Å². The summed E-state index contributed by atoms with van der Waals surface area (Å²) in [7, 11) is -3.35. The molecule has 0 spiro atoms. The van der Waals surface area contributed by atoms with Gasteiger partial charge >= 0.3 is 0 Å². The Labute approximate surface area is 131 Å². The van der Waals surface area contributed by atoms with E-state index in [0.29, 0.717) is 12.2 Å². The molecule has 1 aromatic rings. The van der Waals surface area contributed by atoms with Crippen LogP contribution in [0.25, 0.3) is 0 Å². The minimum Gasteiger partial charge on any atom is -0.316 e. The molecule has 1 rings (SSSR count). The fourth-order valence-electron chi connectivity index (χ4n) is 1.51. The summed E-state index contributed by atoms with van der Waals surface area (Å²) in [5, 5.41) is 3.07. The molecule has 0 aliphatic heterocycles. The predicted octanol–water partition coefficient (Wildman–Crippen LogP) is 3.26. The van der Waals surface area contributed by atoms with E-state index < -0.39 is 10.0 Å². The Morgan fingerprint density at radius 1 is 1.16 bits per heavy atom. The highest BCUT2D eigenvalue weighted by Crippen LogP contribution is 2.32. The van der Waals surface area contributed by atoms with Crippen molar-refractivity contribution < 1.29 is 8.42 Å². The lowest BCUT2D eigenvalue weighted by Crippen LogP contribution is -2.27. The molecule has 0 bridgehead atoms. The number of hydrogen-bond donors (Lipinski definition) is 2. The van der Waals surface area contributed by atoms with Crippen molar-refractivity contribution in [3.8, 4) is 0 Å². The molecule has 0 saturated carbocycles. The van der Waals surface area contributed by atoms with E-state index in [1.165, 1.54) is 0 Å². The summed E-state index contributed by atoms with van der Waals surface area (Å²) in [6.45, 7) is 5.26. The van der Waals surface area contributed by atoms with E-state index >= 15 is 0 Å². The minimum absolute atomic E-state index is 0.0553. The average molecular weight is 414 g/mol. The van der Waals surface area contributed by atoms with Crippen molar-refractivity contribution in [3.63, 3.8) is 0 Å². The molecular formula is C12H18Br2N2O2S. The fourth-order valence-corrected chi connectivity index (χ4v) is 4.43. The van der Waals surface area contributed by atoms with Crippen LogP contribution in [0.4, 0.5) is 5.69 Å². The number of aryl methyl sites for hydroxylation is 1. The molecule has 0 saturated heterocycles. The smallest absolute Gasteiger partial charge is 0.234 e. The molecule has 0 aromatic heterocycles. The van der Waals surface area contributed by atoms with Crippen LogP contribution in [0, 0.1) is 6.92 Å². The summed E-state index contributed by atoms with van der Waals surface area (Å²) >= 11 is 6.74. The van der Waals surface area contributed by atoms with E-state index in [2.05, 4.69) is 41.9 Å². The molecule has 0 unspecified atom stereocenters. The maximum Gasteiger partial charge on any atom is 0.234 e. The van der Waals surface area contributed by atoms with E-state index in [1.807, 2.05) is 26.0 Å². The Morgan fingerprint density at radius 3 is 2.26 bits per heavy atom. The first-order valence-corrected chi connectivity index (χ1v) is 9.26. The third-order valence-corrected chi connectivity index (χ3v) is 4.93. The molecule has 108 valence electrons. The minimum atomic E-state index is -3.35. The molecule has 1 aromatic carbocycles. The van der Waals surface area contributed by atoms with Crippen LogP contribution < -0.4 is 10.0 Å². The third kappa shape index (κ3) is 5.81. The highest BCUT2D eigenvalue weighted by atomic mass is 79.9. The summed E-state index contributed by atoms with van der Waals surface area (Å²) < 4.78 is 28.0. The lowest BCUT2D eigenvalue weighted by atomic mass is 10.2. The topological polar surface area (TPSA) is 58.2 Å². The van der Waals surface area contributed by atoms with Gasteiger partial charge in [-0.05, 0) is 69.4 Å². The molecule has 0 aliphatic carbocycles. The zero-order chi connectivity index (χ0) is 14.5. The van der Waals surface area contributed by atoms with Gasteiger partial charge in [-0.2, -0.15) is 0 Å². The normalized spacial score (nSPS) is 11.6. The standard InChI is InChI=1S/C12H18Br2N2O2S/c1-3-4-15-5-6-19(17,18)16-12-10(13)7-9(2)8-11(12)14/h7-8,15-16H,3-6H2,1-2H3. The van der Waals surface area contributed by atoms with E-state index in [-0.39, 0.29) is 5.75 Å². The van der Waals surface area contributed by atoms with Crippen molar-refractivity contribution in [1.29, 1.82) is 0 Å². The molecule has 0 radical (unpaired) electrons. The maximum absolute atomic E-state index is 12.0. The monoisotopic (exact) mass is 412 g/mol. The van der Waals surface area contributed by atoms with Crippen LogP contribution in [0.2, 0.25) is 0 Å². The fraction of sp³-hybridized carbons (Fsp3) is 0.500. The SMILES string of the molecule is CCCNCCS(=O)(=O)Nc1c(Br)cc(C)cc1Br. The van der Waals surface area contributed by atoms with Crippen LogP contribution in [0.5, 0.6) is 0 Å². The average Bonchev–Trinajstić information content (AvgIpc) is 2.29. The lowest BCUT2D eigenvalue weighted by molar-refractivity contribution is 0.595. The van der Waals surface area contributed by atoms with Crippen LogP contribution >= 0.6 is 31.9 Å². The molecule has 19 heavy (non-hydrogen) atoms. The summed E-state index contributed by atoms with van der Waals surface area (Å²) in [5.74, 6) is 0.0553. The van der Waals surface area contributed by atoms with E-state index in [0.717, 1.165) is 27.5 Å². The molecule has 7 heteroatoms. The van der Waals surface area contributed by atoms with E-state index in [9.17, 15) is 8.42 Å². The summed E-state index contributed by atoms with van der Waals surface area (Å²) in [6, 6.07) is 3.75. The molecule has 0 aliphatic rings. The largest absolute Gasteiger partial charge is 0.316 e. The first-order valence-electron chi connectivity index (χ1n) is 6.02. The molecule has 0 atom stereocenters. The van der Waals surface area contributed by atoms with Crippen LogP contribution in [-0.4, -0.2) is 27.3 Å². The summed E-state index contributed by atoms with van der Waals surface area (Å²) in [4.78, 5) is 0. The van der Waals surface area contributed by atoms with Crippen molar-refractivity contribution in [2.75, 3.05) is 23.6 Å². The van der Waals surface area contributed by atoms with Gasteiger partial charge in [-0.1, -0.05) is 6.92 Å². The number of rotatable bonds is 7. The Morgan fingerprint density at radius 2 is 1.74 bits per heavy atom. The summed E-state index contributed by atoms with van der Waals surface area (Å²) in [5.41, 5.74) is 1.59. The zero-order valence-corrected chi connectivity index (χ0v) is 15.0. The van der Waals surface area contributed by atoms with Crippen molar-refractivity contribution in [2.24, 2.45) is 0 Å². The number of benzene rings is 1. The number of halogens is 2. The maximum atomic E-state index is 12.0. The van der Waals surface area contributed by atoms with E-state index in [4.69, 9.17) is 0 Å². The quantitative estimate of drug-likeness (QED) is 0.674. The number of hydrogen-bond acceptors (Lipinski definition) is 3. The number of sulfonamides is 1. The second-order valence-corrected chi connectivity index (χ2v) is 7.83. The third-order valence-electron chi connectivity index (χ3n) is 2.42. The number of nitrogens with one attached hydrogen (secondary N) is 2. The van der Waals surface area contributed by atoms with Gasteiger partial charge in [-0.25, -0.2) is 8.42 Å². The van der Waals surface area contributed by atoms with Gasteiger partial charge in [-0.15, -0.1) is 0 Å². The molecule has 2 N–H and O–H groups in total. The van der Waals surface area contributed by atoms with Gasteiger partial charge in [0.25, 0.3) is 0 Å². The van der Waals surface area contributed by atoms with Crippen molar-refractivity contribution in [3.05, 3.63) is 26.6 Å². The van der Waals surface area contributed by atoms with E-state index in [1.54, 1.807) is 0 Å². The highest BCUT2D eigenvalue weighted by Gasteiger charge is 2.14. The lowest BCUT2D eigenvalue weighted by Gasteiger charge is -2.12. The Bertz CT molecular complexity index is 510. The van der Waals surface area contributed by atoms with Gasteiger partial charge in [0.05, 0.1) is 11.4 Å². The Hall–Kier alpha value is -0.110. The van der Waals surface area contributed by atoms with Gasteiger partial charge < -0.3 is 5.32 Å². The van der Waals surface area contributed by atoms with Crippen LogP contribution in [0.3, 0.4) is 0 Å². The van der Waals surface area contributed by atoms with Gasteiger partial charge in [-0.3, -0.25) is 4.72 Å². The van der Waals surface area contributed by atoms with Gasteiger partial charge in [0.1, 0.15) is 0 Å². The second kappa shape index (κ2) is 7.61.